The number of sulfonamides is 1. The number of alkyl halides is 1. The van der Waals surface area contributed by atoms with E-state index in [-0.39, 0.29) is 11.6 Å². The third-order valence-electron chi connectivity index (χ3n) is 2.99. The highest BCUT2D eigenvalue weighted by atomic mass is 35.5. The van der Waals surface area contributed by atoms with E-state index in [2.05, 4.69) is 0 Å². The molecule has 5 heteroatoms. The Hall–Kier alpha value is -0.740. The van der Waals surface area contributed by atoms with Gasteiger partial charge >= 0.3 is 0 Å². The smallest absolute Gasteiger partial charge is 0.236 e. The average Bonchev–Trinajstić information content (AvgIpc) is 2.51. The summed E-state index contributed by atoms with van der Waals surface area (Å²) in [7, 11) is -3.27. The van der Waals surface area contributed by atoms with Crippen molar-refractivity contribution in [3.63, 3.8) is 0 Å². The number of anilines is 1. The minimum atomic E-state index is -3.27. The Morgan fingerprint density at radius 3 is 2.76 bits per heavy atom. The monoisotopic (exact) mass is 273 g/mol. The van der Waals surface area contributed by atoms with E-state index >= 15 is 0 Å². The third kappa shape index (κ3) is 2.75. The molecule has 1 heterocycles. The molecule has 0 spiro atoms. The molecule has 0 saturated heterocycles. The molecule has 17 heavy (non-hydrogen) atoms. The van der Waals surface area contributed by atoms with Crippen LogP contribution in [0.1, 0.15) is 18.4 Å². The van der Waals surface area contributed by atoms with Gasteiger partial charge in [0, 0.05) is 12.4 Å². The number of halogens is 1. The Kier molecular flexibility index (Phi) is 3.94. The molecule has 0 N–H and O–H groups in total. The van der Waals surface area contributed by atoms with Gasteiger partial charge in [0.15, 0.2) is 0 Å². The van der Waals surface area contributed by atoms with Crippen molar-refractivity contribution in [2.24, 2.45) is 0 Å². The Labute approximate surface area is 107 Å². The molecule has 2 rings (SSSR count). The van der Waals surface area contributed by atoms with Crippen molar-refractivity contribution >= 4 is 27.3 Å². The summed E-state index contributed by atoms with van der Waals surface area (Å²) in [6.45, 7) is 0.566. The number of hydrogen-bond donors (Lipinski definition) is 0. The molecule has 94 valence electrons. The highest BCUT2D eigenvalue weighted by Gasteiger charge is 2.25. The first-order valence-electron chi connectivity index (χ1n) is 5.79. The predicted octanol–water partition coefficient (Wildman–Crippen LogP) is 2.40. The zero-order valence-corrected chi connectivity index (χ0v) is 11.2. The van der Waals surface area contributed by atoms with Gasteiger partial charge in [-0.3, -0.25) is 4.31 Å². The number of nitrogens with zero attached hydrogens (tertiary/aromatic N) is 1. The fourth-order valence-corrected chi connectivity index (χ4v) is 4.04. The van der Waals surface area contributed by atoms with E-state index in [9.17, 15) is 8.42 Å². The molecule has 3 nitrogen and oxygen atoms in total. The molecular formula is C12H16ClNO2S. The molecule has 1 aliphatic heterocycles. The Balaban J connectivity index is 2.41. The molecule has 0 amide bonds. The first-order valence-corrected chi connectivity index (χ1v) is 7.94. The van der Waals surface area contributed by atoms with Gasteiger partial charge in [0.2, 0.25) is 10.0 Å². The van der Waals surface area contributed by atoms with E-state index in [0.717, 1.165) is 30.5 Å². The summed E-state index contributed by atoms with van der Waals surface area (Å²) in [5, 5.41) is 0. The lowest BCUT2D eigenvalue weighted by Gasteiger charge is -2.24. The minimum Gasteiger partial charge on any atom is -0.270 e. The normalized spacial score (nSPS) is 16.4. The van der Waals surface area contributed by atoms with Crippen molar-refractivity contribution in [2.45, 2.75) is 19.3 Å². The van der Waals surface area contributed by atoms with Crippen molar-refractivity contribution in [1.29, 1.82) is 0 Å². The summed E-state index contributed by atoms with van der Waals surface area (Å²) >= 11 is 5.57. The van der Waals surface area contributed by atoms with Crippen molar-refractivity contribution in [2.75, 3.05) is 22.5 Å². The first-order chi connectivity index (χ1) is 8.15. The molecule has 0 aliphatic carbocycles. The molecule has 0 saturated carbocycles. The van der Waals surface area contributed by atoms with Crippen LogP contribution in [0.3, 0.4) is 0 Å². The van der Waals surface area contributed by atoms with E-state index in [1.807, 2.05) is 24.3 Å². The number of rotatable bonds is 3. The second-order valence-corrected chi connectivity index (χ2v) is 6.55. The quantitative estimate of drug-likeness (QED) is 0.793. The largest absolute Gasteiger partial charge is 0.270 e. The van der Waals surface area contributed by atoms with Gasteiger partial charge in [-0.15, -0.1) is 11.6 Å². The van der Waals surface area contributed by atoms with E-state index in [4.69, 9.17) is 11.6 Å². The fraction of sp³-hybridized carbons (Fsp3) is 0.500. The lowest BCUT2D eigenvalue weighted by atomic mass is 10.1. The fourth-order valence-electron chi connectivity index (χ4n) is 2.15. The standard InChI is InChI=1S/C12H16ClNO2S/c13-8-10-17(15,16)14-9-4-3-6-11-5-1-2-7-12(11)14/h1-2,5,7H,3-4,6,8-10H2. The van der Waals surface area contributed by atoms with Crippen LogP contribution >= 0.6 is 11.6 Å². The number of hydrogen-bond acceptors (Lipinski definition) is 2. The molecule has 0 bridgehead atoms. The van der Waals surface area contributed by atoms with Gasteiger partial charge in [0.1, 0.15) is 0 Å². The van der Waals surface area contributed by atoms with Crippen molar-refractivity contribution in [1.82, 2.24) is 0 Å². The minimum absolute atomic E-state index is 0.00287. The SMILES string of the molecule is O=S(=O)(CCCl)N1CCCCc2ccccc21. The maximum absolute atomic E-state index is 12.1. The van der Waals surface area contributed by atoms with Gasteiger partial charge in [0.05, 0.1) is 11.4 Å². The van der Waals surface area contributed by atoms with E-state index in [1.54, 1.807) is 0 Å². The number of para-hydroxylation sites is 1. The van der Waals surface area contributed by atoms with Gasteiger partial charge in [-0.25, -0.2) is 8.42 Å². The molecule has 0 unspecified atom stereocenters. The Bertz CT molecular complexity index is 487. The van der Waals surface area contributed by atoms with Crippen LogP contribution < -0.4 is 4.31 Å². The molecule has 0 aromatic heterocycles. The molecule has 1 aromatic rings. The van der Waals surface area contributed by atoms with E-state index in [0.29, 0.717) is 6.54 Å². The summed E-state index contributed by atoms with van der Waals surface area (Å²) in [5.41, 5.74) is 1.94. The van der Waals surface area contributed by atoms with Crippen LogP contribution in [0.2, 0.25) is 0 Å². The van der Waals surface area contributed by atoms with Crippen LogP contribution in [-0.2, 0) is 16.4 Å². The summed E-state index contributed by atoms with van der Waals surface area (Å²) in [4.78, 5) is 0. The van der Waals surface area contributed by atoms with Crippen molar-refractivity contribution < 1.29 is 8.42 Å². The predicted molar refractivity (Wildman–Crippen MR) is 71.2 cm³/mol. The second kappa shape index (κ2) is 5.27. The van der Waals surface area contributed by atoms with Gasteiger partial charge in [-0.2, -0.15) is 0 Å². The summed E-state index contributed by atoms with van der Waals surface area (Å²) < 4.78 is 25.8. The number of aryl methyl sites for hydroxylation is 1. The average molecular weight is 274 g/mol. The van der Waals surface area contributed by atoms with Crippen molar-refractivity contribution in [3.8, 4) is 0 Å². The van der Waals surface area contributed by atoms with Crippen LogP contribution in [0.5, 0.6) is 0 Å². The zero-order valence-electron chi connectivity index (χ0n) is 9.60. The molecule has 1 aromatic carbocycles. The van der Waals surface area contributed by atoms with Crippen LogP contribution in [0.25, 0.3) is 0 Å². The molecule has 0 atom stereocenters. The van der Waals surface area contributed by atoms with E-state index in [1.165, 1.54) is 4.31 Å². The lowest BCUT2D eigenvalue weighted by molar-refractivity contribution is 0.591. The zero-order chi connectivity index (χ0) is 12.3. The van der Waals surface area contributed by atoms with Crippen LogP contribution in [-0.4, -0.2) is 26.6 Å². The van der Waals surface area contributed by atoms with Gasteiger partial charge < -0.3 is 0 Å². The topological polar surface area (TPSA) is 37.4 Å². The van der Waals surface area contributed by atoms with Crippen molar-refractivity contribution in [3.05, 3.63) is 29.8 Å². The highest BCUT2D eigenvalue weighted by molar-refractivity contribution is 7.92. The van der Waals surface area contributed by atoms with Gasteiger partial charge in [0.25, 0.3) is 0 Å². The second-order valence-electron chi connectivity index (χ2n) is 4.16. The maximum Gasteiger partial charge on any atom is 0.236 e. The number of benzene rings is 1. The summed E-state index contributed by atoms with van der Waals surface area (Å²) in [6, 6.07) is 7.72. The van der Waals surface area contributed by atoms with Gasteiger partial charge in [-0.05, 0) is 30.9 Å². The lowest BCUT2D eigenvalue weighted by Crippen LogP contribution is -2.34. The Morgan fingerprint density at radius 2 is 2.00 bits per heavy atom. The summed E-state index contributed by atoms with van der Waals surface area (Å²) in [5.74, 6) is 0.143. The highest BCUT2D eigenvalue weighted by Crippen LogP contribution is 2.28. The number of fused-ring (bicyclic) bond motifs is 1. The summed E-state index contributed by atoms with van der Waals surface area (Å²) in [6.07, 6.45) is 2.88. The van der Waals surface area contributed by atoms with Crippen LogP contribution in [0, 0.1) is 0 Å². The molecular weight excluding hydrogens is 258 g/mol. The van der Waals surface area contributed by atoms with Gasteiger partial charge in [-0.1, -0.05) is 18.2 Å². The maximum atomic E-state index is 12.1. The van der Waals surface area contributed by atoms with Crippen LogP contribution in [0.15, 0.2) is 24.3 Å². The molecule has 0 fully saturated rings. The molecule has 1 aliphatic rings. The molecule has 0 radical (unpaired) electrons. The van der Waals surface area contributed by atoms with Crippen LogP contribution in [0.4, 0.5) is 5.69 Å². The third-order valence-corrected chi connectivity index (χ3v) is 5.17. The van der Waals surface area contributed by atoms with E-state index < -0.39 is 10.0 Å². The Morgan fingerprint density at radius 1 is 1.24 bits per heavy atom. The first kappa shape index (κ1) is 12.7.